The van der Waals surface area contributed by atoms with Gasteiger partial charge in [-0.3, -0.25) is 4.79 Å². The fourth-order valence-electron chi connectivity index (χ4n) is 3.12. The molecule has 0 radical (unpaired) electrons. The van der Waals surface area contributed by atoms with Crippen molar-refractivity contribution in [2.75, 3.05) is 18.6 Å². The van der Waals surface area contributed by atoms with Gasteiger partial charge in [0.1, 0.15) is 0 Å². The van der Waals surface area contributed by atoms with Gasteiger partial charge in [-0.05, 0) is 44.0 Å². The van der Waals surface area contributed by atoms with Crippen LogP contribution in [0.2, 0.25) is 0 Å². The van der Waals surface area contributed by atoms with Gasteiger partial charge in [-0.1, -0.05) is 30.3 Å². The summed E-state index contributed by atoms with van der Waals surface area (Å²) in [5.41, 5.74) is 2.61. The number of carbonyl (C=O) groups excluding carboxylic acids is 1. The summed E-state index contributed by atoms with van der Waals surface area (Å²) in [4.78, 5) is 14.8. The highest BCUT2D eigenvalue weighted by Crippen LogP contribution is 2.27. The Hall–Kier alpha value is -2.33. The first kappa shape index (κ1) is 16.5. The molecule has 0 saturated carbocycles. The van der Waals surface area contributed by atoms with Crippen LogP contribution in [0.3, 0.4) is 0 Å². The van der Waals surface area contributed by atoms with E-state index in [-0.39, 0.29) is 18.1 Å². The number of amides is 1. The molecule has 1 N–H and O–H groups in total. The average Bonchev–Trinajstić information content (AvgIpc) is 3.16. The van der Waals surface area contributed by atoms with E-state index in [0.29, 0.717) is 5.56 Å². The van der Waals surface area contributed by atoms with Crippen LogP contribution in [0.15, 0.2) is 54.6 Å². The number of hydrogen-bond acceptors (Lipinski definition) is 3. The van der Waals surface area contributed by atoms with Crippen LogP contribution in [0, 0.1) is 0 Å². The molecule has 0 bridgehead atoms. The Balaban J connectivity index is 1.79. The second kappa shape index (κ2) is 7.49. The number of carbonyl (C=O) groups is 1. The SMILES string of the molecule is C[C@@H](NC(=O)c1ccccc1N(C)c1ccccc1)[C@H]1CCCO1. The second-order valence-corrected chi connectivity index (χ2v) is 6.23. The van der Waals surface area contributed by atoms with Crippen molar-refractivity contribution in [1.82, 2.24) is 5.32 Å². The summed E-state index contributed by atoms with van der Waals surface area (Å²) in [5, 5.41) is 3.09. The van der Waals surface area contributed by atoms with Gasteiger partial charge in [0.15, 0.2) is 0 Å². The number of anilines is 2. The standard InChI is InChI=1S/C20H24N2O2/c1-15(19-13-8-14-24-19)21-20(23)17-11-6-7-12-18(17)22(2)16-9-4-3-5-10-16/h3-7,9-12,15,19H,8,13-14H2,1-2H3,(H,21,23)/t15-,19-/m1/s1. The molecule has 0 aromatic heterocycles. The van der Waals surface area contributed by atoms with Gasteiger partial charge in [0, 0.05) is 19.3 Å². The Morgan fingerprint density at radius 2 is 1.88 bits per heavy atom. The summed E-state index contributed by atoms with van der Waals surface area (Å²) in [7, 11) is 1.98. The average molecular weight is 324 g/mol. The Morgan fingerprint density at radius 3 is 2.58 bits per heavy atom. The number of ether oxygens (including phenoxy) is 1. The van der Waals surface area contributed by atoms with Crippen LogP contribution in [0.5, 0.6) is 0 Å². The molecular weight excluding hydrogens is 300 g/mol. The Morgan fingerprint density at radius 1 is 1.17 bits per heavy atom. The summed E-state index contributed by atoms with van der Waals surface area (Å²) in [6.07, 6.45) is 2.19. The van der Waals surface area contributed by atoms with Crippen molar-refractivity contribution in [2.45, 2.75) is 31.9 Å². The molecule has 2 atom stereocenters. The molecule has 1 aliphatic heterocycles. The van der Waals surface area contributed by atoms with Gasteiger partial charge in [-0.15, -0.1) is 0 Å². The summed E-state index contributed by atoms with van der Waals surface area (Å²) < 4.78 is 5.67. The topological polar surface area (TPSA) is 41.6 Å². The smallest absolute Gasteiger partial charge is 0.253 e. The zero-order valence-electron chi connectivity index (χ0n) is 14.2. The quantitative estimate of drug-likeness (QED) is 0.911. The molecule has 4 nitrogen and oxygen atoms in total. The van der Waals surface area contributed by atoms with Crippen molar-refractivity contribution in [3.63, 3.8) is 0 Å². The summed E-state index contributed by atoms with van der Waals surface area (Å²) in [6, 6.07) is 17.7. The molecule has 1 aliphatic rings. The lowest BCUT2D eigenvalue weighted by Crippen LogP contribution is -2.41. The highest BCUT2D eigenvalue weighted by molar-refractivity contribution is 6.00. The minimum atomic E-state index is -0.0589. The Labute approximate surface area is 143 Å². The van der Waals surface area contributed by atoms with Gasteiger partial charge in [-0.25, -0.2) is 0 Å². The summed E-state index contributed by atoms with van der Waals surface area (Å²) in [5.74, 6) is -0.0589. The van der Waals surface area contributed by atoms with Gasteiger partial charge in [0.05, 0.1) is 23.4 Å². The van der Waals surface area contributed by atoms with Crippen LogP contribution in [-0.2, 0) is 4.74 Å². The number of rotatable bonds is 5. The van der Waals surface area contributed by atoms with E-state index in [9.17, 15) is 4.79 Å². The molecule has 3 rings (SSSR count). The number of nitrogens with one attached hydrogen (secondary N) is 1. The van der Waals surface area contributed by atoms with E-state index in [0.717, 1.165) is 30.8 Å². The molecule has 0 spiro atoms. The first-order valence-electron chi connectivity index (χ1n) is 8.47. The van der Waals surface area contributed by atoms with Crippen LogP contribution >= 0.6 is 0 Å². The normalized spacial score (nSPS) is 18.2. The molecule has 1 amide bonds. The van der Waals surface area contributed by atoms with Crippen LogP contribution < -0.4 is 10.2 Å². The summed E-state index contributed by atoms with van der Waals surface area (Å²) in [6.45, 7) is 2.80. The predicted molar refractivity (Wildman–Crippen MR) is 96.8 cm³/mol. The number of hydrogen-bond donors (Lipinski definition) is 1. The van der Waals surface area contributed by atoms with Gasteiger partial charge < -0.3 is 15.0 Å². The van der Waals surface area contributed by atoms with Gasteiger partial charge >= 0.3 is 0 Å². The largest absolute Gasteiger partial charge is 0.376 e. The molecule has 0 aliphatic carbocycles. The monoisotopic (exact) mass is 324 g/mol. The minimum Gasteiger partial charge on any atom is -0.376 e. The van der Waals surface area contributed by atoms with E-state index in [1.807, 2.05) is 73.5 Å². The molecule has 1 heterocycles. The van der Waals surface area contributed by atoms with Gasteiger partial charge in [0.25, 0.3) is 5.91 Å². The maximum absolute atomic E-state index is 12.8. The van der Waals surface area contributed by atoms with Crippen molar-refractivity contribution >= 4 is 17.3 Å². The summed E-state index contributed by atoms with van der Waals surface area (Å²) >= 11 is 0. The van der Waals surface area contributed by atoms with E-state index >= 15 is 0 Å². The minimum absolute atomic E-state index is 0.00934. The first-order valence-corrected chi connectivity index (χ1v) is 8.47. The predicted octanol–water partition coefficient (Wildman–Crippen LogP) is 3.75. The molecule has 0 unspecified atom stereocenters. The van der Waals surface area contributed by atoms with Crippen molar-refractivity contribution in [2.24, 2.45) is 0 Å². The Bertz CT molecular complexity index is 681. The molecule has 4 heteroatoms. The highest BCUT2D eigenvalue weighted by atomic mass is 16.5. The van der Waals surface area contributed by atoms with Gasteiger partial charge in [0.2, 0.25) is 0 Å². The van der Waals surface area contributed by atoms with E-state index in [2.05, 4.69) is 5.32 Å². The Kier molecular flexibility index (Phi) is 5.16. The molecule has 1 fully saturated rings. The van der Waals surface area contributed by atoms with Crippen molar-refractivity contribution in [3.8, 4) is 0 Å². The first-order chi connectivity index (χ1) is 11.7. The van der Waals surface area contributed by atoms with Crippen molar-refractivity contribution in [3.05, 3.63) is 60.2 Å². The maximum Gasteiger partial charge on any atom is 0.253 e. The van der Waals surface area contributed by atoms with E-state index in [1.54, 1.807) is 0 Å². The molecule has 126 valence electrons. The molecule has 2 aromatic rings. The van der Waals surface area contributed by atoms with E-state index < -0.39 is 0 Å². The number of benzene rings is 2. The van der Waals surface area contributed by atoms with Crippen molar-refractivity contribution < 1.29 is 9.53 Å². The van der Waals surface area contributed by atoms with Gasteiger partial charge in [-0.2, -0.15) is 0 Å². The fraction of sp³-hybridized carbons (Fsp3) is 0.350. The third kappa shape index (κ3) is 3.60. The number of para-hydroxylation sites is 2. The van der Waals surface area contributed by atoms with Crippen LogP contribution in [0.4, 0.5) is 11.4 Å². The third-order valence-corrected chi connectivity index (χ3v) is 4.53. The second-order valence-electron chi connectivity index (χ2n) is 6.23. The lowest BCUT2D eigenvalue weighted by Gasteiger charge is -2.24. The molecule has 2 aromatic carbocycles. The fourth-order valence-corrected chi connectivity index (χ4v) is 3.12. The van der Waals surface area contributed by atoms with Crippen molar-refractivity contribution in [1.29, 1.82) is 0 Å². The lowest BCUT2D eigenvalue weighted by molar-refractivity contribution is 0.0712. The molecular formula is C20H24N2O2. The maximum atomic E-state index is 12.8. The zero-order chi connectivity index (χ0) is 16.9. The third-order valence-electron chi connectivity index (χ3n) is 4.53. The highest BCUT2D eigenvalue weighted by Gasteiger charge is 2.25. The molecule has 1 saturated heterocycles. The molecule has 24 heavy (non-hydrogen) atoms. The van der Waals surface area contributed by atoms with Crippen LogP contribution in [0.25, 0.3) is 0 Å². The van der Waals surface area contributed by atoms with Crippen LogP contribution in [-0.4, -0.2) is 31.7 Å². The van der Waals surface area contributed by atoms with Crippen LogP contribution in [0.1, 0.15) is 30.1 Å². The number of nitrogens with zero attached hydrogens (tertiary/aromatic N) is 1. The van der Waals surface area contributed by atoms with E-state index in [4.69, 9.17) is 4.74 Å². The lowest BCUT2D eigenvalue weighted by atomic mass is 10.1. The van der Waals surface area contributed by atoms with E-state index in [1.165, 1.54) is 0 Å². The zero-order valence-corrected chi connectivity index (χ0v) is 14.2.